The third-order valence-electron chi connectivity index (χ3n) is 5.54. The second-order valence-electron chi connectivity index (χ2n) is 8.54. The van der Waals surface area contributed by atoms with Crippen LogP contribution in [-0.4, -0.2) is 60.0 Å². The molecule has 0 aliphatic carbocycles. The van der Waals surface area contributed by atoms with Gasteiger partial charge in [-0.3, -0.25) is 4.79 Å². The average Bonchev–Trinajstić information content (AvgIpc) is 2.96. The third-order valence-corrected chi connectivity index (χ3v) is 6.31. The third kappa shape index (κ3) is 10.4. The molecule has 0 fully saturated rings. The van der Waals surface area contributed by atoms with E-state index >= 15 is 0 Å². The Hall–Kier alpha value is -4.78. The highest BCUT2D eigenvalue weighted by atomic mass is 79.9. The molecule has 0 radical (unpaired) electrons. The van der Waals surface area contributed by atoms with Crippen molar-refractivity contribution in [3.8, 4) is 11.5 Å². The van der Waals surface area contributed by atoms with Crippen molar-refractivity contribution in [2.45, 2.75) is 19.2 Å². The summed E-state index contributed by atoms with van der Waals surface area (Å²) in [4.78, 5) is 48.0. The van der Waals surface area contributed by atoms with E-state index in [0.717, 1.165) is 15.6 Å². The number of amides is 4. The van der Waals surface area contributed by atoms with Crippen molar-refractivity contribution in [2.75, 3.05) is 19.7 Å². The van der Waals surface area contributed by atoms with Gasteiger partial charge >= 0.3 is 18.1 Å². The summed E-state index contributed by atoms with van der Waals surface area (Å²) >= 11 is 3.42. The number of aliphatic carboxylic acids is 1. The summed E-state index contributed by atoms with van der Waals surface area (Å²) in [6, 6.07) is 18.5. The number of urea groups is 1. The van der Waals surface area contributed by atoms with Crippen LogP contribution < -0.4 is 26.0 Å². The van der Waals surface area contributed by atoms with Crippen LogP contribution in [0.4, 0.5) is 9.59 Å². The molecular formula is C28H29BrN4O8. The van der Waals surface area contributed by atoms with Crippen LogP contribution in [0.15, 0.2) is 77.3 Å². The Bertz CT molecular complexity index is 1360. The average molecular weight is 629 g/mol. The van der Waals surface area contributed by atoms with Crippen LogP contribution in [-0.2, 0) is 22.7 Å². The fourth-order valence-electron chi connectivity index (χ4n) is 3.40. The molecule has 0 heterocycles. The zero-order valence-corrected chi connectivity index (χ0v) is 23.3. The maximum absolute atomic E-state index is 12.5. The Labute approximate surface area is 244 Å². The van der Waals surface area contributed by atoms with Crippen molar-refractivity contribution in [1.29, 1.82) is 0 Å². The number of hydrogen-bond donors (Lipinski definition) is 6. The highest BCUT2D eigenvalue weighted by Crippen LogP contribution is 2.23. The zero-order chi connectivity index (χ0) is 29.6. The maximum atomic E-state index is 12.5. The van der Waals surface area contributed by atoms with Crippen molar-refractivity contribution in [2.24, 2.45) is 0 Å². The standard InChI is InChI=1S/C28H29BrN4O8/c29-22-9-5-4-8-19(22)15-32-27(38)30-12-13-40-20-10-11-21(24(34)14-20)25(35)31-16-23(26(36)37)33-28(39)41-17-18-6-2-1-3-7-18/h1-11,14,23,34H,12-13,15-17H2,(H,31,35)(H,33,39)(H,36,37)(H2,30,32,38)/t23-/m0/s1. The highest BCUT2D eigenvalue weighted by molar-refractivity contribution is 9.10. The van der Waals surface area contributed by atoms with E-state index in [1.54, 1.807) is 30.3 Å². The first-order valence-electron chi connectivity index (χ1n) is 12.4. The van der Waals surface area contributed by atoms with Gasteiger partial charge in [-0.15, -0.1) is 0 Å². The van der Waals surface area contributed by atoms with Crippen LogP contribution in [0.25, 0.3) is 0 Å². The Morgan fingerprint density at radius 1 is 0.902 bits per heavy atom. The molecule has 0 aliphatic rings. The molecule has 13 heteroatoms. The number of ether oxygens (including phenoxy) is 2. The molecule has 0 saturated carbocycles. The highest BCUT2D eigenvalue weighted by Gasteiger charge is 2.22. The van der Waals surface area contributed by atoms with E-state index in [1.165, 1.54) is 18.2 Å². The fourth-order valence-corrected chi connectivity index (χ4v) is 3.83. The molecule has 0 aromatic heterocycles. The van der Waals surface area contributed by atoms with Crippen molar-refractivity contribution in [3.05, 3.63) is 94.0 Å². The minimum atomic E-state index is -1.47. The molecule has 0 aliphatic heterocycles. The van der Waals surface area contributed by atoms with Gasteiger partial charge in [-0.05, 0) is 29.3 Å². The number of aromatic hydroxyl groups is 1. The van der Waals surface area contributed by atoms with E-state index in [4.69, 9.17) is 9.47 Å². The summed E-state index contributed by atoms with van der Waals surface area (Å²) in [6.45, 7) is 0.111. The second kappa shape index (κ2) is 15.7. The summed E-state index contributed by atoms with van der Waals surface area (Å²) in [7, 11) is 0. The van der Waals surface area contributed by atoms with Crippen LogP contribution in [0.5, 0.6) is 11.5 Å². The lowest BCUT2D eigenvalue weighted by atomic mass is 10.1. The van der Waals surface area contributed by atoms with Crippen LogP contribution in [0.1, 0.15) is 21.5 Å². The number of carboxylic acids is 1. The summed E-state index contributed by atoms with van der Waals surface area (Å²) < 4.78 is 11.4. The number of halogens is 1. The fraction of sp³-hybridized carbons (Fsp3) is 0.214. The monoisotopic (exact) mass is 628 g/mol. The lowest BCUT2D eigenvalue weighted by molar-refractivity contribution is -0.139. The summed E-state index contributed by atoms with van der Waals surface area (Å²) in [5, 5.41) is 29.6. The molecular weight excluding hydrogens is 600 g/mol. The van der Waals surface area contributed by atoms with Gasteiger partial charge in [0.05, 0.1) is 12.1 Å². The number of hydrogen-bond acceptors (Lipinski definition) is 7. The molecule has 4 amide bonds. The van der Waals surface area contributed by atoms with E-state index in [1.807, 2.05) is 24.3 Å². The van der Waals surface area contributed by atoms with E-state index in [9.17, 15) is 29.4 Å². The van der Waals surface area contributed by atoms with Gasteiger partial charge in [-0.2, -0.15) is 0 Å². The number of phenols is 1. The summed E-state index contributed by atoms with van der Waals surface area (Å²) in [5.74, 6) is -2.30. The lowest BCUT2D eigenvalue weighted by Gasteiger charge is -2.16. The van der Waals surface area contributed by atoms with Crippen molar-refractivity contribution in [3.63, 3.8) is 0 Å². The van der Waals surface area contributed by atoms with E-state index in [-0.39, 0.29) is 37.1 Å². The molecule has 0 saturated heterocycles. The van der Waals surface area contributed by atoms with E-state index in [2.05, 4.69) is 37.2 Å². The van der Waals surface area contributed by atoms with Crippen LogP contribution in [0.2, 0.25) is 0 Å². The van der Waals surface area contributed by atoms with Crippen LogP contribution >= 0.6 is 15.9 Å². The SMILES string of the molecule is O=C(NCCOc1ccc(C(=O)NC[C@H](NC(=O)OCc2ccccc2)C(=O)O)c(O)c1)NCc1ccccc1Br. The minimum absolute atomic E-state index is 0.0522. The summed E-state index contributed by atoms with van der Waals surface area (Å²) in [5.41, 5.74) is 1.52. The normalized spacial score (nSPS) is 11.0. The topological polar surface area (TPSA) is 175 Å². The molecule has 12 nitrogen and oxygen atoms in total. The molecule has 6 N–H and O–H groups in total. The molecule has 3 rings (SSSR count). The van der Waals surface area contributed by atoms with Gasteiger partial charge in [-0.25, -0.2) is 14.4 Å². The minimum Gasteiger partial charge on any atom is -0.507 e. The molecule has 0 bridgehead atoms. The first-order valence-corrected chi connectivity index (χ1v) is 13.2. The largest absolute Gasteiger partial charge is 0.507 e. The Kier molecular flexibility index (Phi) is 11.8. The molecule has 216 valence electrons. The van der Waals surface area contributed by atoms with Gasteiger partial charge in [0.25, 0.3) is 5.91 Å². The molecule has 1 atom stereocenters. The number of phenolic OH excluding ortho intramolecular Hbond substituents is 1. The number of nitrogens with one attached hydrogen (secondary N) is 4. The molecule has 0 spiro atoms. The van der Waals surface area contributed by atoms with Crippen molar-refractivity contribution in [1.82, 2.24) is 21.3 Å². The molecule has 3 aromatic rings. The molecule has 3 aromatic carbocycles. The van der Waals surface area contributed by atoms with Gasteiger partial charge in [0.15, 0.2) is 0 Å². The number of alkyl carbamates (subject to hydrolysis) is 1. The number of rotatable bonds is 13. The molecule has 41 heavy (non-hydrogen) atoms. The number of carboxylic acid groups (broad SMARTS) is 1. The number of benzene rings is 3. The number of carbonyl (C=O) groups is 4. The summed E-state index contributed by atoms with van der Waals surface area (Å²) in [6.07, 6.45) is -0.962. The van der Waals surface area contributed by atoms with Crippen LogP contribution in [0, 0.1) is 0 Å². The lowest BCUT2D eigenvalue weighted by Crippen LogP contribution is -2.48. The first kappa shape index (κ1) is 30.8. The quantitative estimate of drug-likeness (QED) is 0.156. The van der Waals surface area contributed by atoms with Gasteiger partial charge in [0.2, 0.25) is 0 Å². The maximum Gasteiger partial charge on any atom is 0.408 e. The van der Waals surface area contributed by atoms with E-state index < -0.39 is 36.3 Å². The van der Waals surface area contributed by atoms with Gasteiger partial charge < -0.3 is 41.0 Å². The first-order chi connectivity index (χ1) is 19.7. The Morgan fingerprint density at radius 2 is 1.63 bits per heavy atom. The molecule has 0 unspecified atom stereocenters. The second-order valence-corrected chi connectivity index (χ2v) is 9.39. The Balaban J connectivity index is 1.39. The van der Waals surface area contributed by atoms with Gasteiger partial charge in [0.1, 0.15) is 30.8 Å². The number of carbonyl (C=O) groups excluding carboxylic acids is 3. The zero-order valence-electron chi connectivity index (χ0n) is 21.8. The predicted molar refractivity (Wildman–Crippen MR) is 152 cm³/mol. The van der Waals surface area contributed by atoms with Gasteiger partial charge in [0, 0.05) is 23.6 Å². The van der Waals surface area contributed by atoms with Crippen molar-refractivity contribution >= 4 is 39.9 Å². The Morgan fingerprint density at radius 3 is 2.34 bits per heavy atom. The smallest absolute Gasteiger partial charge is 0.408 e. The predicted octanol–water partition coefficient (Wildman–Crippen LogP) is 3.14. The van der Waals surface area contributed by atoms with Gasteiger partial charge in [-0.1, -0.05) is 64.5 Å². The van der Waals surface area contributed by atoms with Crippen molar-refractivity contribution < 1.29 is 38.9 Å². The van der Waals surface area contributed by atoms with E-state index in [0.29, 0.717) is 6.54 Å². The van der Waals surface area contributed by atoms with Crippen LogP contribution in [0.3, 0.4) is 0 Å².